The Balaban J connectivity index is 2.51. The van der Waals surface area contributed by atoms with Gasteiger partial charge in [0.25, 0.3) is 0 Å². The first-order valence-electron chi connectivity index (χ1n) is 5.82. The van der Waals surface area contributed by atoms with Gasteiger partial charge in [-0.15, -0.1) is 0 Å². The molecule has 22 heavy (non-hydrogen) atoms. The average molecular weight is 336 g/mol. The highest BCUT2D eigenvalue weighted by Gasteiger charge is 2.35. The zero-order valence-corrected chi connectivity index (χ0v) is 12.1. The van der Waals surface area contributed by atoms with Gasteiger partial charge in [0.2, 0.25) is 0 Å². The molecule has 2 rings (SSSR count). The van der Waals surface area contributed by atoms with Crippen LogP contribution in [0.4, 0.5) is 24.5 Å². The minimum absolute atomic E-state index is 0.0761. The van der Waals surface area contributed by atoms with Crippen molar-refractivity contribution < 1.29 is 27.3 Å². The van der Waals surface area contributed by atoms with Crippen molar-refractivity contribution in [2.45, 2.75) is 6.18 Å². The van der Waals surface area contributed by atoms with Crippen LogP contribution in [0.5, 0.6) is 0 Å². The lowest BCUT2D eigenvalue weighted by atomic mass is 10.1. The standard InChI is InChI=1S/C11H12F3N4O3P/c1-22(19,20)21-17-9-5-10(18-3-2-16-6-18)7(4-8(9)15)11(12,13)14/h2-6,17H,15H2,1H3,(H,19,20). The number of hydrogen-bond donors (Lipinski definition) is 3. The fraction of sp³-hybridized carbons (Fsp3) is 0.182. The molecule has 1 aromatic carbocycles. The van der Waals surface area contributed by atoms with E-state index in [0.29, 0.717) is 6.07 Å². The predicted octanol–water partition coefficient (Wildman–Crippen LogP) is 2.63. The van der Waals surface area contributed by atoms with Crippen LogP contribution in [0.2, 0.25) is 0 Å². The minimum atomic E-state index is -4.63. The zero-order chi connectivity index (χ0) is 16.5. The van der Waals surface area contributed by atoms with Gasteiger partial charge in [-0.2, -0.15) is 17.8 Å². The Morgan fingerprint density at radius 2 is 2.14 bits per heavy atom. The number of alkyl halides is 3. The summed E-state index contributed by atoms with van der Waals surface area (Å²) in [4.78, 5) is 12.7. The number of halogens is 3. The summed E-state index contributed by atoms with van der Waals surface area (Å²) >= 11 is 0. The van der Waals surface area contributed by atoms with Crippen molar-refractivity contribution in [2.24, 2.45) is 0 Å². The molecule has 0 aliphatic rings. The van der Waals surface area contributed by atoms with E-state index in [1.807, 2.05) is 0 Å². The number of rotatable bonds is 4. The van der Waals surface area contributed by atoms with Crippen LogP contribution in [-0.4, -0.2) is 21.1 Å². The van der Waals surface area contributed by atoms with E-state index >= 15 is 0 Å². The highest BCUT2D eigenvalue weighted by molar-refractivity contribution is 7.51. The van der Waals surface area contributed by atoms with Crippen LogP contribution in [0.15, 0.2) is 30.9 Å². The molecule has 0 amide bonds. The fourth-order valence-electron chi connectivity index (χ4n) is 1.67. The molecule has 1 unspecified atom stereocenters. The van der Waals surface area contributed by atoms with Gasteiger partial charge in [-0.05, 0) is 12.1 Å². The number of nitrogen functional groups attached to an aromatic ring is 1. The number of aromatic nitrogens is 2. The molecule has 7 nitrogen and oxygen atoms in total. The van der Waals surface area contributed by atoms with Crippen molar-refractivity contribution in [1.82, 2.24) is 9.55 Å². The van der Waals surface area contributed by atoms with E-state index in [2.05, 4.69) is 15.1 Å². The second kappa shape index (κ2) is 5.64. The Morgan fingerprint density at radius 1 is 1.45 bits per heavy atom. The maximum absolute atomic E-state index is 13.1. The third-order valence-corrected chi connectivity index (χ3v) is 3.01. The first-order valence-corrected chi connectivity index (χ1v) is 7.84. The van der Waals surface area contributed by atoms with Gasteiger partial charge in [0.05, 0.1) is 29.0 Å². The van der Waals surface area contributed by atoms with Crippen LogP contribution in [-0.2, 0) is 15.4 Å². The third kappa shape index (κ3) is 3.79. The number of anilines is 2. The summed E-state index contributed by atoms with van der Waals surface area (Å²) in [6.45, 7) is 0.914. The first kappa shape index (κ1) is 16.3. The van der Waals surface area contributed by atoms with Gasteiger partial charge in [-0.1, -0.05) is 0 Å². The number of nitrogens with zero attached hydrogens (tertiary/aromatic N) is 2. The summed E-state index contributed by atoms with van der Waals surface area (Å²) in [6, 6.07) is 1.76. The highest BCUT2D eigenvalue weighted by atomic mass is 31.2. The Bertz CT molecular complexity index is 712. The molecule has 0 radical (unpaired) electrons. The molecular formula is C11H12F3N4O3P. The number of nitrogens with two attached hydrogens (primary N) is 1. The molecule has 0 aliphatic carbocycles. The maximum Gasteiger partial charge on any atom is 0.418 e. The minimum Gasteiger partial charge on any atom is -0.397 e. The smallest absolute Gasteiger partial charge is 0.397 e. The van der Waals surface area contributed by atoms with Crippen molar-refractivity contribution in [2.75, 3.05) is 17.9 Å². The maximum atomic E-state index is 13.1. The van der Waals surface area contributed by atoms with Crippen LogP contribution in [0.1, 0.15) is 5.56 Å². The summed E-state index contributed by atoms with van der Waals surface area (Å²) in [7, 11) is -3.88. The van der Waals surface area contributed by atoms with E-state index in [9.17, 15) is 17.7 Å². The van der Waals surface area contributed by atoms with Crippen molar-refractivity contribution in [3.8, 4) is 5.69 Å². The molecule has 0 fully saturated rings. The molecule has 0 aliphatic heterocycles. The monoisotopic (exact) mass is 336 g/mol. The molecular weight excluding hydrogens is 324 g/mol. The molecule has 1 atom stereocenters. The Labute approximate surface area is 123 Å². The molecule has 4 N–H and O–H groups in total. The van der Waals surface area contributed by atoms with Gasteiger partial charge in [0.15, 0.2) is 0 Å². The van der Waals surface area contributed by atoms with Crippen molar-refractivity contribution in [3.05, 3.63) is 36.4 Å². The SMILES string of the molecule is CP(=O)(O)ONc1cc(-n2ccnc2)c(C(F)(F)F)cc1N. The fourth-order valence-corrected chi connectivity index (χ4v) is 1.94. The summed E-state index contributed by atoms with van der Waals surface area (Å²) in [6.07, 6.45) is -0.817. The van der Waals surface area contributed by atoms with Crippen LogP contribution >= 0.6 is 7.60 Å². The molecule has 2 aromatic rings. The predicted molar refractivity (Wildman–Crippen MR) is 73.4 cm³/mol. The summed E-state index contributed by atoms with van der Waals surface area (Å²) in [5.41, 5.74) is 6.03. The highest BCUT2D eigenvalue weighted by Crippen LogP contribution is 2.40. The van der Waals surface area contributed by atoms with Crippen LogP contribution in [0.3, 0.4) is 0 Å². The summed E-state index contributed by atoms with van der Waals surface area (Å²) < 4.78 is 56.0. The molecule has 0 spiro atoms. The second-order valence-corrected chi connectivity index (χ2v) is 6.21. The van der Waals surface area contributed by atoms with E-state index in [-0.39, 0.29) is 17.1 Å². The lowest BCUT2D eigenvalue weighted by Crippen LogP contribution is -2.13. The lowest BCUT2D eigenvalue weighted by molar-refractivity contribution is -0.137. The average Bonchev–Trinajstić information content (AvgIpc) is 2.88. The topological polar surface area (TPSA) is 102 Å². The summed E-state index contributed by atoms with van der Waals surface area (Å²) in [5.74, 6) is 0. The second-order valence-electron chi connectivity index (χ2n) is 4.42. The van der Waals surface area contributed by atoms with Crippen LogP contribution < -0.4 is 11.2 Å². The van der Waals surface area contributed by atoms with E-state index in [1.54, 1.807) is 0 Å². The van der Waals surface area contributed by atoms with E-state index in [1.165, 1.54) is 18.7 Å². The van der Waals surface area contributed by atoms with Crippen LogP contribution in [0.25, 0.3) is 5.69 Å². The Hall–Kier alpha value is -2.03. The van der Waals surface area contributed by atoms with E-state index < -0.39 is 19.3 Å². The quantitative estimate of drug-likeness (QED) is 0.451. The third-order valence-electron chi connectivity index (χ3n) is 2.58. The zero-order valence-electron chi connectivity index (χ0n) is 11.2. The van der Waals surface area contributed by atoms with Crippen LogP contribution in [0, 0.1) is 0 Å². The van der Waals surface area contributed by atoms with Gasteiger partial charge in [0.1, 0.15) is 0 Å². The molecule has 0 saturated carbocycles. The number of hydrogen-bond acceptors (Lipinski definition) is 5. The molecule has 1 heterocycles. The Morgan fingerprint density at radius 3 is 2.64 bits per heavy atom. The van der Waals surface area contributed by atoms with Crippen molar-refractivity contribution >= 4 is 19.0 Å². The Kier molecular flexibility index (Phi) is 4.19. The number of benzene rings is 1. The summed E-state index contributed by atoms with van der Waals surface area (Å²) in [5, 5.41) is 0. The van der Waals surface area contributed by atoms with Gasteiger partial charge in [-0.25, -0.2) is 4.98 Å². The molecule has 0 bridgehead atoms. The molecule has 0 saturated heterocycles. The van der Waals surface area contributed by atoms with Crippen molar-refractivity contribution in [3.63, 3.8) is 0 Å². The van der Waals surface area contributed by atoms with Gasteiger partial charge < -0.3 is 15.2 Å². The first-order chi connectivity index (χ1) is 10.1. The molecule has 1 aromatic heterocycles. The largest absolute Gasteiger partial charge is 0.418 e. The molecule has 11 heteroatoms. The number of nitrogens with one attached hydrogen (secondary N) is 1. The van der Waals surface area contributed by atoms with Crippen molar-refractivity contribution in [1.29, 1.82) is 0 Å². The molecule has 120 valence electrons. The lowest BCUT2D eigenvalue weighted by Gasteiger charge is -2.18. The van der Waals surface area contributed by atoms with Gasteiger partial charge in [-0.3, -0.25) is 10.0 Å². The van der Waals surface area contributed by atoms with Gasteiger partial charge in [0, 0.05) is 19.1 Å². The normalized spacial score (nSPS) is 14.6. The number of imidazole rings is 1. The van der Waals surface area contributed by atoms with E-state index in [4.69, 9.17) is 10.6 Å². The van der Waals surface area contributed by atoms with Gasteiger partial charge >= 0.3 is 13.8 Å². The van der Waals surface area contributed by atoms with E-state index in [0.717, 1.165) is 17.3 Å².